The Kier molecular flexibility index (Phi) is 10.2. The van der Waals surface area contributed by atoms with Gasteiger partial charge in [-0.2, -0.15) is 0 Å². The van der Waals surface area contributed by atoms with Crippen LogP contribution in [0.1, 0.15) is 70.6 Å². The largest absolute Gasteiger partial charge is 0.464 e. The molecule has 4 bridgehead atoms. The van der Waals surface area contributed by atoms with E-state index in [1.807, 2.05) is 0 Å². The second-order valence-corrected chi connectivity index (χ2v) is 11.4. The van der Waals surface area contributed by atoms with Gasteiger partial charge in [-0.15, -0.1) is 0 Å². The van der Waals surface area contributed by atoms with Crippen molar-refractivity contribution in [1.29, 1.82) is 0 Å². The van der Waals surface area contributed by atoms with Gasteiger partial charge in [0.1, 0.15) is 13.2 Å². The van der Waals surface area contributed by atoms with E-state index in [1.165, 1.54) is 38.5 Å². The molecule has 0 amide bonds. The van der Waals surface area contributed by atoms with Crippen molar-refractivity contribution in [1.82, 2.24) is 19.6 Å². The van der Waals surface area contributed by atoms with Crippen LogP contribution in [-0.2, 0) is 19.1 Å². The minimum atomic E-state index is -0.107. The molecular formula is C27H48N4O4. The maximum Gasteiger partial charge on any atom is 0.305 e. The molecule has 0 aromatic carbocycles. The SMILES string of the molecule is CN1CC2CCCC(C1)N2CCOC(=O)CCCCCC(=O)OCCN1C2CCCC1CN(C)C2. The maximum atomic E-state index is 12.1. The molecule has 0 aromatic heterocycles. The molecule has 8 nitrogen and oxygen atoms in total. The summed E-state index contributed by atoms with van der Waals surface area (Å²) in [5, 5.41) is 0. The van der Waals surface area contributed by atoms with Crippen molar-refractivity contribution >= 4 is 11.9 Å². The van der Waals surface area contributed by atoms with Gasteiger partial charge in [0, 0.05) is 76.3 Å². The molecule has 0 saturated carbocycles. The highest BCUT2D eigenvalue weighted by Gasteiger charge is 2.36. The van der Waals surface area contributed by atoms with Gasteiger partial charge >= 0.3 is 11.9 Å². The van der Waals surface area contributed by atoms with E-state index in [2.05, 4.69) is 33.7 Å². The van der Waals surface area contributed by atoms with Crippen molar-refractivity contribution in [2.45, 2.75) is 94.8 Å². The number of unbranched alkanes of at least 4 members (excludes halogenated alkanes) is 2. The molecular weight excluding hydrogens is 444 g/mol. The molecule has 0 radical (unpaired) electrons. The van der Waals surface area contributed by atoms with Crippen LogP contribution in [0, 0.1) is 0 Å². The molecule has 8 heteroatoms. The number of hydrogen-bond donors (Lipinski definition) is 0. The van der Waals surface area contributed by atoms with Gasteiger partial charge in [0.05, 0.1) is 0 Å². The van der Waals surface area contributed by atoms with E-state index in [0.717, 1.165) is 58.5 Å². The molecule has 0 N–H and O–H groups in total. The van der Waals surface area contributed by atoms with Crippen LogP contribution in [-0.4, -0.2) is 122 Å². The highest BCUT2D eigenvalue weighted by atomic mass is 16.5. The molecule has 4 aliphatic rings. The average Bonchev–Trinajstić information content (AvgIpc) is 2.79. The first-order valence-corrected chi connectivity index (χ1v) is 14.2. The Morgan fingerprint density at radius 3 is 1.37 bits per heavy atom. The van der Waals surface area contributed by atoms with Gasteiger partial charge in [-0.25, -0.2) is 0 Å². The number of rotatable bonds is 12. The lowest BCUT2D eigenvalue weighted by Crippen LogP contribution is -2.60. The monoisotopic (exact) mass is 492 g/mol. The van der Waals surface area contributed by atoms with Gasteiger partial charge in [0.25, 0.3) is 0 Å². The molecule has 4 atom stereocenters. The van der Waals surface area contributed by atoms with Gasteiger partial charge in [0.2, 0.25) is 0 Å². The Balaban J connectivity index is 0.998. The molecule has 200 valence electrons. The second kappa shape index (κ2) is 13.4. The summed E-state index contributed by atoms with van der Waals surface area (Å²) >= 11 is 0. The molecule has 35 heavy (non-hydrogen) atoms. The number of carbonyl (C=O) groups excluding carboxylic acids is 2. The fourth-order valence-corrected chi connectivity index (χ4v) is 6.93. The van der Waals surface area contributed by atoms with Crippen LogP contribution in [0.3, 0.4) is 0 Å². The molecule has 4 saturated heterocycles. The first-order chi connectivity index (χ1) is 17.0. The van der Waals surface area contributed by atoms with E-state index in [4.69, 9.17) is 9.47 Å². The van der Waals surface area contributed by atoms with E-state index in [9.17, 15) is 9.59 Å². The van der Waals surface area contributed by atoms with Gasteiger partial charge in [-0.3, -0.25) is 19.4 Å². The van der Waals surface area contributed by atoms with Crippen LogP contribution in [0.15, 0.2) is 0 Å². The number of fused-ring (bicyclic) bond motifs is 4. The zero-order chi connectivity index (χ0) is 24.6. The molecule has 0 aliphatic carbocycles. The molecule has 4 aliphatic heterocycles. The van der Waals surface area contributed by atoms with E-state index in [0.29, 0.717) is 50.2 Å². The zero-order valence-electron chi connectivity index (χ0n) is 22.2. The summed E-state index contributed by atoms with van der Waals surface area (Å²) in [6, 6.07) is 2.47. The smallest absolute Gasteiger partial charge is 0.305 e. The normalized spacial score (nSPS) is 30.2. The molecule has 0 spiro atoms. The number of piperazine rings is 2. The minimum Gasteiger partial charge on any atom is -0.464 e. The fraction of sp³-hybridized carbons (Fsp3) is 0.926. The third-order valence-corrected chi connectivity index (χ3v) is 8.60. The van der Waals surface area contributed by atoms with Crippen molar-refractivity contribution in [3.05, 3.63) is 0 Å². The summed E-state index contributed by atoms with van der Waals surface area (Å²) in [5.41, 5.74) is 0. The number of likely N-dealkylation sites (tertiary alicyclic amines) is 2. The number of nitrogens with zero attached hydrogens (tertiary/aromatic N) is 4. The van der Waals surface area contributed by atoms with Crippen molar-refractivity contribution in [2.75, 3.05) is 66.6 Å². The summed E-state index contributed by atoms with van der Waals surface area (Å²) in [6.45, 7) is 7.22. The van der Waals surface area contributed by atoms with Gasteiger partial charge in [-0.05, 0) is 52.6 Å². The first kappa shape index (κ1) is 26.8. The lowest BCUT2D eigenvalue weighted by molar-refractivity contribution is -0.145. The van der Waals surface area contributed by atoms with Crippen molar-refractivity contribution in [3.63, 3.8) is 0 Å². The Morgan fingerprint density at radius 2 is 1.00 bits per heavy atom. The minimum absolute atomic E-state index is 0.107. The van der Waals surface area contributed by atoms with Crippen LogP contribution < -0.4 is 0 Å². The Bertz CT molecular complexity index is 608. The number of piperidine rings is 2. The summed E-state index contributed by atoms with van der Waals surface area (Å²) in [7, 11) is 4.42. The van der Waals surface area contributed by atoms with Crippen molar-refractivity contribution < 1.29 is 19.1 Å². The van der Waals surface area contributed by atoms with E-state index < -0.39 is 0 Å². The van der Waals surface area contributed by atoms with Crippen LogP contribution in [0.5, 0.6) is 0 Å². The lowest BCUT2D eigenvalue weighted by atomic mass is 9.91. The molecule has 0 aromatic rings. The topological polar surface area (TPSA) is 65.6 Å². The highest BCUT2D eigenvalue weighted by Crippen LogP contribution is 2.28. The Morgan fingerprint density at radius 1 is 0.629 bits per heavy atom. The molecule has 4 unspecified atom stereocenters. The van der Waals surface area contributed by atoms with E-state index in [1.54, 1.807) is 0 Å². The van der Waals surface area contributed by atoms with Crippen LogP contribution >= 0.6 is 0 Å². The van der Waals surface area contributed by atoms with Crippen LogP contribution in [0.2, 0.25) is 0 Å². The number of hydrogen-bond acceptors (Lipinski definition) is 8. The number of carbonyl (C=O) groups is 2. The molecule has 4 heterocycles. The average molecular weight is 493 g/mol. The predicted octanol–water partition coefficient (Wildman–Crippen LogP) is 2.36. The summed E-state index contributed by atoms with van der Waals surface area (Å²) in [4.78, 5) is 34.3. The maximum absolute atomic E-state index is 12.1. The third-order valence-electron chi connectivity index (χ3n) is 8.60. The summed E-state index contributed by atoms with van der Waals surface area (Å²) in [5.74, 6) is -0.214. The third kappa shape index (κ3) is 7.88. The second-order valence-electron chi connectivity index (χ2n) is 11.4. The fourth-order valence-electron chi connectivity index (χ4n) is 6.93. The van der Waals surface area contributed by atoms with E-state index in [-0.39, 0.29) is 11.9 Å². The van der Waals surface area contributed by atoms with Gasteiger partial charge < -0.3 is 19.3 Å². The molecule has 4 fully saturated rings. The summed E-state index contributed by atoms with van der Waals surface area (Å²) in [6.07, 6.45) is 11.0. The predicted molar refractivity (Wildman–Crippen MR) is 136 cm³/mol. The van der Waals surface area contributed by atoms with Crippen LogP contribution in [0.25, 0.3) is 0 Å². The van der Waals surface area contributed by atoms with Crippen molar-refractivity contribution in [2.24, 2.45) is 0 Å². The van der Waals surface area contributed by atoms with Crippen molar-refractivity contribution in [3.8, 4) is 0 Å². The van der Waals surface area contributed by atoms with Gasteiger partial charge in [0.15, 0.2) is 0 Å². The molecule has 4 rings (SSSR count). The zero-order valence-corrected chi connectivity index (χ0v) is 22.2. The Hall–Kier alpha value is -1.22. The lowest BCUT2D eigenvalue weighted by Gasteiger charge is -2.49. The van der Waals surface area contributed by atoms with E-state index >= 15 is 0 Å². The van der Waals surface area contributed by atoms with Gasteiger partial charge in [-0.1, -0.05) is 19.3 Å². The highest BCUT2D eigenvalue weighted by molar-refractivity contribution is 5.69. The number of ether oxygens (including phenoxy) is 2. The summed E-state index contributed by atoms with van der Waals surface area (Å²) < 4.78 is 11.0. The quantitative estimate of drug-likeness (QED) is 0.304. The first-order valence-electron chi connectivity index (χ1n) is 14.2. The van der Waals surface area contributed by atoms with Crippen LogP contribution in [0.4, 0.5) is 0 Å². The Labute approximate surface area is 212 Å². The number of likely N-dealkylation sites (N-methyl/N-ethyl adjacent to an activating group) is 2. The number of esters is 2. The standard InChI is InChI=1S/C27H48N4O4/c1-28-18-22-8-6-9-23(19-28)30(22)14-16-34-26(32)12-4-3-5-13-27(33)35-17-15-31-24-10-7-11-25(31)21-29(2)20-24/h22-25H,3-21H2,1-2H3.